The van der Waals surface area contributed by atoms with Crippen LogP contribution in [0.25, 0.3) is 0 Å². The van der Waals surface area contributed by atoms with Crippen molar-refractivity contribution in [2.45, 2.75) is 37.4 Å². The molecule has 1 aromatic rings. The minimum Gasteiger partial charge on any atom is -0.480 e. The molecule has 218 valence electrons. The smallest absolute Gasteiger partial charge is 0.402 e. The zero-order valence-electron chi connectivity index (χ0n) is 21.0. The van der Waals surface area contributed by atoms with E-state index >= 15 is 0 Å². The molecule has 4 fully saturated rings. The van der Waals surface area contributed by atoms with Gasteiger partial charge in [0.2, 0.25) is 10.0 Å². The van der Waals surface area contributed by atoms with Crippen LogP contribution in [-0.4, -0.2) is 98.7 Å². The lowest BCUT2D eigenvalue weighted by molar-refractivity contribution is -0.293. The molecule has 15 heteroatoms. The standard InChI is InChI=1S/C24H30F6N4O4S/c1-39(37,38)34-12-22(13-34)6-7-33(11-22)17-5-3-2-4-14(17)8-32-9-15-16(10-32)19(21(35)36)31-18(15)20(23(25,26)27)24(28,29)30/h2-5,15-16,18-20,31H,6-13H2,1H3,(H,35,36). The SMILES string of the molecule is CS(=O)(=O)N1CC2(CCN(c3ccccc3CN3CC4C(C(=O)O)NC(C(C(F)(F)F)C(F)(F)F)C4C3)C2)C1. The summed E-state index contributed by atoms with van der Waals surface area (Å²) >= 11 is 0. The van der Waals surface area contributed by atoms with Gasteiger partial charge in [-0.3, -0.25) is 9.69 Å². The molecule has 0 aromatic heterocycles. The summed E-state index contributed by atoms with van der Waals surface area (Å²) in [6.45, 7) is 2.38. The number of carbonyl (C=O) groups is 1. The third kappa shape index (κ3) is 5.34. The van der Waals surface area contributed by atoms with Crippen molar-refractivity contribution in [3.8, 4) is 0 Å². The number of carboxylic acid groups (broad SMARTS) is 1. The lowest BCUT2D eigenvalue weighted by Gasteiger charge is -2.46. The number of nitrogens with one attached hydrogen (secondary N) is 1. The number of halogens is 6. The van der Waals surface area contributed by atoms with E-state index in [1.165, 1.54) is 10.6 Å². The van der Waals surface area contributed by atoms with E-state index in [0.717, 1.165) is 17.7 Å². The van der Waals surface area contributed by atoms with Crippen molar-refractivity contribution in [3.63, 3.8) is 0 Å². The van der Waals surface area contributed by atoms with Crippen molar-refractivity contribution in [1.82, 2.24) is 14.5 Å². The van der Waals surface area contributed by atoms with E-state index in [-0.39, 0.29) is 25.0 Å². The molecule has 4 saturated heterocycles. The normalized spacial score (nSPS) is 29.8. The van der Waals surface area contributed by atoms with Crippen LogP contribution in [0.4, 0.5) is 32.0 Å². The summed E-state index contributed by atoms with van der Waals surface area (Å²) in [6.07, 6.45) is -9.18. The first kappa shape index (κ1) is 28.4. The zero-order valence-corrected chi connectivity index (χ0v) is 21.9. The van der Waals surface area contributed by atoms with Crippen LogP contribution in [0.5, 0.6) is 0 Å². The van der Waals surface area contributed by atoms with Gasteiger partial charge in [0, 0.05) is 68.9 Å². The van der Waals surface area contributed by atoms with E-state index in [1.807, 2.05) is 18.2 Å². The average Bonchev–Trinajstić information content (AvgIpc) is 3.45. The number of hydrogen-bond donors (Lipinski definition) is 2. The minimum atomic E-state index is -5.58. The number of aliphatic carboxylic acids is 1. The number of hydrogen-bond acceptors (Lipinski definition) is 6. The molecule has 2 N–H and O–H groups in total. The second-order valence-corrected chi connectivity index (χ2v) is 13.4. The summed E-state index contributed by atoms with van der Waals surface area (Å²) < 4.78 is 106. The van der Waals surface area contributed by atoms with E-state index in [9.17, 15) is 44.7 Å². The second-order valence-electron chi connectivity index (χ2n) is 11.4. The fraction of sp³-hybridized carbons (Fsp3) is 0.708. The maximum Gasteiger partial charge on any atom is 0.402 e. The van der Waals surface area contributed by atoms with Crippen LogP contribution in [0.2, 0.25) is 0 Å². The van der Waals surface area contributed by atoms with Gasteiger partial charge >= 0.3 is 18.3 Å². The summed E-state index contributed by atoms with van der Waals surface area (Å²) in [7, 11) is -3.26. The predicted octanol–water partition coefficient (Wildman–Crippen LogP) is 2.37. The largest absolute Gasteiger partial charge is 0.480 e. The van der Waals surface area contributed by atoms with Gasteiger partial charge in [-0.05, 0) is 24.0 Å². The highest BCUT2D eigenvalue weighted by molar-refractivity contribution is 7.88. The number of carboxylic acids is 1. The number of rotatable bonds is 6. The lowest BCUT2D eigenvalue weighted by Crippen LogP contribution is -2.59. The Morgan fingerprint density at radius 2 is 1.69 bits per heavy atom. The van der Waals surface area contributed by atoms with Gasteiger partial charge in [0.05, 0.1) is 6.26 Å². The Morgan fingerprint density at radius 3 is 2.28 bits per heavy atom. The molecule has 1 aromatic carbocycles. The van der Waals surface area contributed by atoms with E-state index in [0.29, 0.717) is 26.2 Å². The fourth-order valence-corrected chi connectivity index (χ4v) is 7.99. The molecule has 4 aliphatic heterocycles. The minimum absolute atomic E-state index is 0.0508. The summed E-state index contributed by atoms with van der Waals surface area (Å²) in [4.78, 5) is 15.7. The Morgan fingerprint density at radius 1 is 1.08 bits per heavy atom. The van der Waals surface area contributed by atoms with Gasteiger partial charge < -0.3 is 15.3 Å². The molecule has 0 radical (unpaired) electrons. The van der Waals surface area contributed by atoms with Crippen LogP contribution in [0.15, 0.2) is 24.3 Å². The lowest BCUT2D eigenvalue weighted by atomic mass is 9.81. The van der Waals surface area contributed by atoms with Crippen LogP contribution < -0.4 is 10.2 Å². The summed E-state index contributed by atoms with van der Waals surface area (Å²) in [5.41, 5.74) is 1.55. The van der Waals surface area contributed by atoms with Crippen LogP contribution in [0.1, 0.15) is 12.0 Å². The van der Waals surface area contributed by atoms with E-state index < -0.39 is 58.2 Å². The number of sulfonamides is 1. The molecular formula is C24H30F6N4O4S. The van der Waals surface area contributed by atoms with Crippen LogP contribution in [0, 0.1) is 23.2 Å². The molecule has 8 nitrogen and oxygen atoms in total. The maximum atomic E-state index is 13.5. The number of benzene rings is 1. The van der Waals surface area contributed by atoms with Crippen molar-refractivity contribution in [2.75, 3.05) is 50.4 Å². The Balaban J connectivity index is 1.32. The summed E-state index contributed by atoms with van der Waals surface area (Å²) in [5.74, 6) is -7.18. The van der Waals surface area contributed by atoms with Crippen LogP contribution in [-0.2, 0) is 21.4 Å². The quantitative estimate of drug-likeness (QED) is 0.496. The molecule has 4 aliphatic rings. The zero-order chi connectivity index (χ0) is 28.5. The summed E-state index contributed by atoms with van der Waals surface area (Å²) in [5, 5.41) is 11.7. The first-order chi connectivity index (χ1) is 18.0. The van der Waals surface area contributed by atoms with Gasteiger partial charge in [-0.2, -0.15) is 26.3 Å². The molecule has 5 rings (SSSR count). The van der Waals surface area contributed by atoms with Crippen LogP contribution in [0.3, 0.4) is 0 Å². The van der Waals surface area contributed by atoms with Crippen molar-refractivity contribution in [3.05, 3.63) is 29.8 Å². The molecule has 4 heterocycles. The Labute approximate surface area is 222 Å². The van der Waals surface area contributed by atoms with Gasteiger partial charge in [-0.1, -0.05) is 18.2 Å². The number of anilines is 1. The molecule has 4 atom stereocenters. The maximum absolute atomic E-state index is 13.5. The van der Waals surface area contributed by atoms with Gasteiger partial charge in [0.15, 0.2) is 5.92 Å². The van der Waals surface area contributed by atoms with Crippen molar-refractivity contribution in [1.29, 1.82) is 0 Å². The summed E-state index contributed by atoms with van der Waals surface area (Å²) in [6, 6.07) is 3.77. The molecule has 0 saturated carbocycles. The van der Waals surface area contributed by atoms with Gasteiger partial charge in [-0.25, -0.2) is 12.7 Å². The Hall–Kier alpha value is -2.10. The van der Waals surface area contributed by atoms with Crippen molar-refractivity contribution >= 4 is 21.7 Å². The topological polar surface area (TPSA) is 93.2 Å². The highest BCUT2D eigenvalue weighted by atomic mass is 32.2. The van der Waals surface area contributed by atoms with Crippen molar-refractivity contribution < 1.29 is 44.7 Å². The van der Waals surface area contributed by atoms with E-state index in [1.54, 1.807) is 11.0 Å². The third-order valence-corrected chi connectivity index (χ3v) is 9.93. The van der Waals surface area contributed by atoms with E-state index in [4.69, 9.17) is 0 Å². The monoisotopic (exact) mass is 584 g/mol. The fourth-order valence-electron chi connectivity index (χ4n) is 6.98. The third-order valence-electron chi connectivity index (χ3n) is 8.74. The molecule has 4 unspecified atom stereocenters. The molecule has 1 spiro atoms. The van der Waals surface area contributed by atoms with Crippen molar-refractivity contribution in [2.24, 2.45) is 23.2 Å². The number of nitrogens with zero attached hydrogens (tertiary/aromatic N) is 3. The predicted molar refractivity (Wildman–Crippen MR) is 128 cm³/mol. The van der Waals surface area contributed by atoms with Crippen LogP contribution >= 0.6 is 0 Å². The van der Waals surface area contributed by atoms with E-state index in [2.05, 4.69) is 10.2 Å². The molecular weight excluding hydrogens is 554 g/mol. The number of likely N-dealkylation sites (tertiary alicyclic amines) is 1. The second kappa shape index (κ2) is 9.48. The highest BCUT2D eigenvalue weighted by Crippen LogP contribution is 2.49. The molecule has 39 heavy (non-hydrogen) atoms. The molecule has 0 amide bonds. The first-order valence-electron chi connectivity index (χ1n) is 12.6. The number of alkyl halides is 6. The average molecular weight is 585 g/mol. The highest BCUT2D eigenvalue weighted by Gasteiger charge is 2.66. The molecule has 0 bridgehead atoms. The van der Waals surface area contributed by atoms with Gasteiger partial charge in [-0.15, -0.1) is 0 Å². The molecule has 0 aliphatic carbocycles. The van der Waals surface area contributed by atoms with Gasteiger partial charge in [0.25, 0.3) is 0 Å². The number of para-hydroxylation sites is 1. The Bertz CT molecular complexity index is 1210. The number of fused-ring (bicyclic) bond motifs is 1. The Kier molecular flexibility index (Phi) is 6.91. The first-order valence-corrected chi connectivity index (χ1v) is 14.5. The van der Waals surface area contributed by atoms with Gasteiger partial charge in [0.1, 0.15) is 6.04 Å².